The van der Waals surface area contributed by atoms with Crippen LogP contribution >= 0.6 is 0 Å². The van der Waals surface area contributed by atoms with Crippen LogP contribution < -0.4 is 10.1 Å². The topological polar surface area (TPSA) is 21.3 Å². The number of hydrogen-bond acceptors (Lipinski definition) is 2. The molecule has 1 fully saturated rings. The molecule has 2 nitrogen and oxygen atoms in total. The molecular weight excluding hydrogens is 294 g/mol. The fourth-order valence-corrected chi connectivity index (χ4v) is 3.51. The highest BCUT2D eigenvalue weighted by Gasteiger charge is 2.13. The van der Waals surface area contributed by atoms with Gasteiger partial charge in [-0.2, -0.15) is 0 Å². The minimum Gasteiger partial charge on any atom is -0.494 e. The number of rotatable bonds is 7. The second-order valence-corrected chi connectivity index (χ2v) is 7.01. The second kappa shape index (κ2) is 8.77. The van der Waals surface area contributed by atoms with Crippen molar-refractivity contribution in [1.82, 2.24) is 0 Å². The van der Waals surface area contributed by atoms with Gasteiger partial charge in [-0.05, 0) is 49.1 Å². The average Bonchev–Trinajstić information content (AvgIpc) is 2.62. The van der Waals surface area contributed by atoms with Gasteiger partial charge in [0.2, 0.25) is 0 Å². The largest absolute Gasteiger partial charge is 0.494 e. The van der Waals surface area contributed by atoms with E-state index in [1.54, 1.807) is 0 Å². The van der Waals surface area contributed by atoms with Crippen LogP contribution in [-0.4, -0.2) is 6.61 Å². The van der Waals surface area contributed by atoms with Crippen LogP contribution in [0.25, 0.3) is 0 Å². The lowest BCUT2D eigenvalue weighted by molar-refractivity contribution is 0.246. The van der Waals surface area contributed by atoms with E-state index in [9.17, 15) is 0 Å². The highest BCUT2D eigenvalue weighted by atomic mass is 16.5. The van der Waals surface area contributed by atoms with Crippen LogP contribution in [0.4, 0.5) is 5.69 Å². The Hall–Kier alpha value is -1.96. The molecule has 0 aromatic heterocycles. The molecule has 2 heteroatoms. The highest BCUT2D eigenvalue weighted by Crippen LogP contribution is 2.26. The van der Waals surface area contributed by atoms with E-state index < -0.39 is 0 Å². The smallest absolute Gasteiger partial charge is 0.119 e. The van der Waals surface area contributed by atoms with Crippen LogP contribution in [0.3, 0.4) is 0 Å². The molecule has 2 aromatic rings. The predicted octanol–water partition coefficient (Wildman–Crippen LogP) is 5.96. The third-order valence-electron chi connectivity index (χ3n) is 4.95. The lowest BCUT2D eigenvalue weighted by Crippen LogP contribution is -2.10. The third-order valence-corrected chi connectivity index (χ3v) is 4.95. The Morgan fingerprint density at radius 2 is 1.79 bits per heavy atom. The Bertz CT molecular complexity index is 614. The van der Waals surface area contributed by atoms with Crippen LogP contribution in [0.1, 0.15) is 49.7 Å². The van der Waals surface area contributed by atoms with Crippen LogP contribution in [0.15, 0.2) is 48.5 Å². The monoisotopic (exact) mass is 323 g/mol. The molecule has 0 saturated heterocycles. The Kier molecular flexibility index (Phi) is 6.17. The summed E-state index contributed by atoms with van der Waals surface area (Å²) >= 11 is 0. The molecule has 1 saturated carbocycles. The summed E-state index contributed by atoms with van der Waals surface area (Å²) < 4.78 is 5.91. The van der Waals surface area contributed by atoms with E-state index in [4.69, 9.17) is 4.74 Å². The summed E-state index contributed by atoms with van der Waals surface area (Å²) in [5.74, 6) is 1.86. The zero-order valence-corrected chi connectivity index (χ0v) is 14.8. The molecule has 0 atom stereocenters. The van der Waals surface area contributed by atoms with E-state index in [0.29, 0.717) is 0 Å². The van der Waals surface area contributed by atoms with E-state index >= 15 is 0 Å². The Labute approximate surface area is 146 Å². The normalized spacial score (nSPS) is 15.2. The first-order chi connectivity index (χ1) is 11.8. The molecule has 3 rings (SSSR count). The van der Waals surface area contributed by atoms with Gasteiger partial charge in [0.15, 0.2) is 0 Å². The van der Waals surface area contributed by atoms with Crippen LogP contribution in [0.5, 0.6) is 5.75 Å². The van der Waals surface area contributed by atoms with E-state index in [2.05, 4.69) is 60.8 Å². The van der Waals surface area contributed by atoms with Crippen molar-refractivity contribution in [3.63, 3.8) is 0 Å². The maximum atomic E-state index is 5.91. The van der Waals surface area contributed by atoms with Gasteiger partial charge in [0, 0.05) is 12.2 Å². The Balaban J connectivity index is 1.41. The van der Waals surface area contributed by atoms with Crippen molar-refractivity contribution in [1.29, 1.82) is 0 Å². The quantitative estimate of drug-likeness (QED) is 0.679. The van der Waals surface area contributed by atoms with E-state index in [1.165, 1.54) is 49.7 Å². The molecule has 0 amide bonds. The van der Waals surface area contributed by atoms with Crippen LogP contribution in [0, 0.1) is 12.8 Å². The van der Waals surface area contributed by atoms with Crippen molar-refractivity contribution in [2.75, 3.05) is 11.9 Å². The lowest BCUT2D eigenvalue weighted by Gasteiger charge is -2.21. The van der Waals surface area contributed by atoms with Crippen molar-refractivity contribution in [3.8, 4) is 5.75 Å². The minimum atomic E-state index is 0.848. The molecule has 128 valence electrons. The summed E-state index contributed by atoms with van der Waals surface area (Å²) in [4.78, 5) is 0. The molecule has 0 aliphatic heterocycles. The molecule has 2 aromatic carbocycles. The number of nitrogens with one attached hydrogen (secondary N) is 1. The van der Waals surface area contributed by atoms with Gasteiger partial charge in [0.05, 0.1) is 6.61 Å². The number of ether oxygens (including phenoxy) is 1. The second-order valence-electron chi connectivity index (χ2n) is 7.01. The number of benzene rings is 2. The molecule has 1 N–H and O–H groups in total. The summed E-state index contributed by atoms with van der Waals surface area (Å²) in [6.07, 6.45) is 8.23. The lowest BCUT2D eigenvalue weighted by atomic mass is 9.87. The molecule has 0 spiro atoms. The van der Waals surface area contributed by atoms with Crippen LogP contribution in [0.2, 0.25) is 0 Å². The van der Waals surface area contributed by atoms with E-state index in [-0.39, 0.29) is 0 Å². The molecule has 0 unspecified atom stereocenters. The summed E-state index contributed by atoms with van der Waals surface area (Å²) in [5.41, 5.74) is 3.75. The van der Waals surface area contributed by atoms with Crippen molar-refractivity contribution in [2.45, 2.75) is 52.0 Å². The summed E-state index contributed by atoms with van der Waals surface area (Å²) in [7, 11) is 0. The van der Waals surface area contributed by atoms with Gasteiger partial charge in [-0.1, -0.05) is 61.9 Å². The van der Waals surface area contributed by atoms with Gasteiger partial charge < -0.3 is 10.1 Å². The number of hydrogen-bond donors (Lipinski definition) is 1. The average molecular weight is 323 g/mol. The molecular formula is C22H29NO. The van der Waals surface area contributed by atoms with E-state index in [0.717, 1.165) is 30.5 Å². The van der Waals surface area contributed by atoms with Crippen molar-refractivity contribution >= 4 is 5.69 Å². The summed E-state index contributed by atoms with van der Waals surface area (Å²) in [6.45, 7) is 3.83. The molecule has 0 radical (unpaired) electrons. The van der Waals surface area contributed by atoms with Crippen LogP contribution in [-0.2, 0) is 6.54 Å². The van der Waals surface area contributed by atoms with Gasteiger partial charge in [-0.25, -0.2) is 0 Å². The number of anilines is 1. The Morgan fingerprint density at radius 1 is 1.00 bits per heavy atom. The van der Waals surface area contributed by atoms with Gasteiger partial charge in [0.1, 0.15) is 5.75 Å². The van der Waals surface area contributed by atoms with Gasteiger partial charge >= 0.3 is 0 Å². The summed E-state index contributed by atoms with van der Waals surface area (Å²) in [6, 6.07) is 17.0. The fourth-order valence-electron chi connectivity index (χ4n) is 3.51. The Morgan fingerprint density at radius 3 is 2.54 bits per heavy atom. The fraction of sp³-hybridized carbons (Fsp3) is 0.455. The van der Waals surface area contributed by atoms with Gasteiger partial charge in [0.25, 0.3) is 0 Å². The number of aryl methyl sites for hydroxylation is 1. The van der Waals surface area contributed by atoms with Crippen molar-refractivity contribution < 1.29 is 4.74 Å². The maximum Gasteiger partial charge on any atom is 0.119 e. The van der Waals surface area contributed by atoms with Crippen molar-refractivity contribution in [2.24, 2.45) is 5.92 Å². The van der Waals surface area contributed by atoms with Crippen molar-refractivity contribution in [3.05, 3.63) is 59.7 Å². The SMILES string of the molecule is Cc1cccc(CNc2ccc(OCCC3CCCCC3)cc2)c1. The zero-order valence-electron chi connectivity index (χ0n) is 14.8. The standard InChI is InChI=1S/C22H29NO/c1-18-6-5-9-20(16-18)17-23-21-10-12-22(13-11-21)24-15-14-19-7-3-2-4-8-19/h5-6,9-13,16,19,23H,2-4,7-8,14-15,17H2,1H3. The van der Waals surface area contributed by atoms with Gasteiger partial charge in [-0.15, -0.1) is 0 Å². The molecule has 0 heterocycles. The first-order valence-electron chi connectivity index (χ1n) is 9.32. The molecule has 1 aliphatic carbocycles. The first kappa shape index (κ1) is 16.9. The predicted molar refractivity (Wildman–Crippen MR) is 102 cm³/mol. The first-order valence-corrected chi connectivity index (χ1v) is 9.32. The van der Waals surface area contributed by atoms with E-state index in [1.807, 2.05) is 0 Å². The maximum absolute atomic E-state index is 5.91. The third kappa shape index (κ3) is 5.30. The molecule has 24 heavy (non-hydrogen) atoms. The van der Waals surface area contributed by atoms with Gasteiger partial charge in [-0.3, -0.25) is 0 Å². The minimum absolute atomic E-state index is 0.848. The molecule has 1 aliphatic rings. The summed E-state index contributed by atoms with van der Waals surface area (Å²) in [5, 5.41) is 3.47. The zero-order chi connectivity index (χ0) is 16.6. The molecule has 0 bridgehead atoms. The highest BCUT2D eigenvalue weighted by molar-refractivity contribution is 5.46.